The van der Waals surface area contributed by atoms with Gasteiger partial charge in [-0.05, 0) is 37.6 Å². The SMILES string of the molecule is COc1c(CNc2ccc(Br)c(C)c2)c(C)nn1C. The van der Waals surface area contributed by atoms with E-state index >= 15 is 0 Å². The summed E-state index contributed by atoms with van der Waals surface area (Å²) >= 11 is 3.50. The van der Waals surface area contributed by atoms with Crippen LogP contribution in [0.1, 0.15) is 16.8 Å². The maximum Gasteiger partial charge on any atom is 0.216 e. The summed E-state index contributed by atoms with van der Waals surface area (Å²) in [6, 6.07) is 6.21. The Morgan fingerprint density at radius 1 is 1.37 bits per heavy atom. The van der Waals surface area contributed by atoms with Crippen LogP contribution in [0.3, 0.4) is 0 Å². The van der Waals surface area contributed by atoms with E-state index in [-0.39, 0.29) is 0 Å². The lowest BCUT2D eigenvalue weighted by Crippen LogP contribution is -2.03. The first kappa shape index (κ1) is 13.9. The van der Waals surface area contributed by atoms with Crippen LogP contribution < -0.4 is 10.1 Å². The molecule has 0 unspecified atom stereocenters. The van der Waals surface area contributed by atoms with Crippen LogP contribution in [0.5, 0.6) is 5.88 Å². The van der Waals surface area contributed by atoms with Gasteiger partial charge in [0.25, 0.3) is 0 Å². The average Bonchev–Trinajstić information content (AvgIpc) is 2.64. The van der Waals surface area contributed by atoms with E-state index < -0.39 is 0 Å². The number of nitrogens with one attached hydrogen (secondary N) is 1. The van der Waals surface area contributed by atoms with Gasteiger partial charge in [-0.15, -0.1) is 0 Å². The van der Waals surface area contributed by atoms with Crippen molar-refractivity contribution >= 4 is 21.6 Å². The lowest BCUT2D eigenvalue weighted by Gasteiger charge is -2.09. The number of hydrogen-bond acceptors (Lipinski definition) is 3. The van der Waals surface area contributed by atoms with Gasteiger partial charge in [0, 0.05) is 23.8 Å². The van der Waals surface area contributed by atoms with E-state index in [1.165, 1.54) is 5.56 Å². The minimum absolute atomic E-state index is 0.698. The smallest absolute Gasteiger partial charge is 0.216 e. The van der Waals surface area contributed by atoms with E-state index in [4.69, 9.17) is 4.74 Å². The van der Waals surface area contributed by atoms with Crippen molar-refractivity contribution in [3.63, 3.8) is 0 Å². The summed E-state index contributed by atoms with van der Waals surface area (Å²) in [5, 5.41) is 7.77. The molecule has 0 spiro atoms. The number of rotatable bonds is 4. The molecular formula is C14H18BrN3O. The first-order chi connectivity index (χ1) is 9.02. The van der Waals surface area contributed by atoms with E-state index in [0.717, 1.165) is 27.3 Å². The second-order valence-electron chi connectivity index (χ2n) is 4.51. The molecule has 19 heavy (non-hydrogen) atoms. The molecule has 5 heteroatoms. The van der Waals surface area contributed by atoms with Crippen molar-refractivity contribution in [2.45, 2.75) is 20.4 Å². The van der Waals surface area contributed by atoms with E-state index in [2.05, 4.69) is 45.4 Å². The third-order valence-electron chi connectivity index (χ3n) is 3.11. The molecule has 0 aliphatic carbocycles. The van der Waals surface area contributed by atoms with Crippen molar-refractivity contribution in [1.82, 2.24) is 9.78 Å². The zero-order valence-corrected chi connectivity index (χ0v) is 13.2. The molecule has 0 bridgehead atoms. The monoisotopic (exact) mass is 323 g/mol. The number of aromatic nitrogens is 2. The zero-order chi connectivity index (χ0) is 14.0. The molecule has 1 N–H and O–H groups in total. The number of benzene rings is 1. The highest BCUT2D eigenvalue weighted by Gasteiger charge is 2.13. The molecule has 1 heterocycles. The molecular weight excluding hydrogens is 306 g/mol. The fraction of sp³-hybridized carbons (Fsp3) is 0.357. The molecule has 4 nitrogen and oxygen atoms in total. The molecule has 0 amide bonds. The third-order valence-corrected chi connectivity index (χ3v) is 4.00. The summed E-state index contributed by atoms with van der Waals surface area (Å²) in [4.78, 5) is 0. The minimum Gasteiger partial charge on any atom is -0.481 e. The second-order valence-corrected chi connectivity index (χ2v) is 5.37. The van der Waals surface area contributed by atoms with Gasteiger partial charge < -0.3 is 10.1 Å². The summed E-state index contributed by atoms with van der Waals surface area (Å²) in [7, 11) is 3.56. The Bertz CT molecular complexity index is 593. The molecule has 0 radical (unpaired) electrons. The standard InChI is InChI=1S/C14H18BrN3O/c1-9-7-11(5-6-13(9)15)16-8-12-10(2)17-18(3)14(12)19-4/h5-7,16H,8H2,1-4H3. The first-order valence-electron chi connectivity index (χ1n) is 6.09. The normalized spacial score (nSPS) is 10.6. The van der Waals surface area contributed by atoms with Crippen molar-refractivity contribution in [2.75, 3.05) is 12.4 Å². The largest absolute Gasteiger partial charge is 0.481 e. The number of methoxy groups -OCH3 is 1. The van der Waals surface area contributed by atoms with Crippen LogP contribution in [0.15, 0.2) is 22.7 Å². The van der Waals surface area contributed by atoms with E-state index in [1.54, 1.807) is 11.8 Å². The Morgan fingerprint density at radius 2 is 2.11 bits per heavy atom. The predicted octanol–water partition coefficient (Wildman–Crippen LogP) is 3.42. The van der Waals surface area contributed by atoms with Gasteiger partial charge in [0.15, 0.2) is 0 Å². The molecule has 1 aromatic carbocycles. The second kappa shape index (κ2) is 5.65. The minimum atomic E-state index is 0.698. The average molecular weight is 324 g/mol. The number of aryl methyl sites for hydroxylation is 3. The molecule has 0 saturated heterocycles. The highest BCUT2D eigenvalue weighted by Crippen LogP contribution is 2.24. The zero-order valence-electron chi connectivity index (χ0n) is 11.6. The lowest BCUT2D eigenvalue weighted by atomic mass is 10.2. The van der Waals surface area contributed by atoms with Crippen molar-refractivity contribution in [1.29, 1.82) is 0 Å². The van der Waals surface area contributed by atoms with Crippen LogP contribution in [0.4, 0.5) is 5.69 Å². The number of nitrogens with zero attached hydrogens (tertiary/aromatic N) is 2. The molecule has 2 rings (SSSR count). The lowest BCUT2D eigenvalue weighted by molar-refractivity contribution is 0.370. The van der Waals surface area contributed by atoms with Gasteiger partial charge in [0.1, 0.15) is 0 Å². The Hall–Kier alpha value is -1.49. The highest BCUT2D eigenvalue weighted by molar-refractivity contribution is 9.10. The van der Waals surface area contributed by atoms with Gasteiger partial charge in [0.05, 0.1) is 18.4 Å². The first-order valence-corrected chi connectivity index (χ1v) is 6.88. The Kier molecular flexibility index (Phi) is 4.14. The quantitative estimate of drug-likeness (QED) is 0.937. The molecule has 2 aromatic rings. The molecule has 1 aromatic heterocycles. The van der Waals surface area contributed by atoms with Crippen molar-refractivity contribution in [3.8, 4) is 5.88 Å². The summed E-state index contributed by atoms with van der Waals surface area (Å²) in [6.45, 7) is 4.77. The van der Waals surface area contributed by atoms with Gasteiger partial charge in [-0.25, -0.2) is 4.68 Å². The summed E-state index contributed by atoms with van der Waals surface area (Å²) in [5.41, 5.74) is 4.37. The van der Waals surface area contributed by atoms with E-state index in [1.807, 2.05) is 20.0 Å². The van der Waals surface area contributed by atoms with Gasteiger partial charge >= 0.3 is 0 Å². The molecule has 102 valence electrons. The Labute approximate surface area is 121 Å². The van der Waals surface area contributed by atoms with Crippen LogP contribution in [0.25, 0.3) is 0 Å². The van der Waals surface area contributed by atoms with Gasteiger partial charge in [-0.3, -0.25) is 0 Å². The maximum absolute atomic E-state index is 5.38. The van der Waals surface area contributed by atoms with Gasteiger partial charge in [-0.2, -0.15) is 5.10 Å². The van der Waals surface area contributed by atoms with Crippen LogP contribution >= 0.6 is 15.9 Å². The fourth-order valence-electron chi connectivity index (χ4n) is 2.08. The molecule has 0 aliphatic rings. The summed E-state index contributed by atoms with van der Waals surface area (Å²) in [5.74, 6) is 0.804. The van der Waals surface area contributed by atoms with E-state index in [0.29, 0.717) is 6.54 Å². The van der Waals surface area contributed by atoms with Crippen LogP contribution in [0, 0.1) is 13.8 Å². The topological polar surface area (TPSA) is 39.1 Å². The maximum atomic E-state index is 5.38. The van der Waals surface area contributed by atoms with Crippen molar-refractivity contribution in [3.05, 3.63) is 39.5 Å². The van der Waals surface area contributed by atoms with Crippen LogP contribution in [-0.4, -0.2) is 16.9 Å². The Balaban J connectivity index is 2.16. The van der Waals surface area contributed by atoms with Crippen molar-refractivity contribution in [2.24, 2.45) is 7.05 Å². The summed E-state index contributed by atoms with van der Waals surface area (Å²) < 4.78 is 8.26. The highest BCUT2D eigenvalue weighted by atomic mass is 79.9. The molecule has 0 aliphatic heterocycles. The fourth-order valence-corrected chi connectivity index (χ4v) is 2.33. The molecule has 0 fully saturated rings. The number of halogens is 1. The number of anilines is 1. The Morgan fingerprint density at radius 3 is 2.74 bits per heavy atom. The van der Waals surface area contributed by atoms with Crippen molar-refractivity contribution < 1.29 is 4.74 Å². The van der Waals surface area contributed by atoms with Gasteiger partial charge in [0.2, 0.25) is 5.88 Å². The predicted molar refractivity (Wildman–Crippen MR) is 80.7 cm³/mol. The molecule has 0 atom stereocenters. The summed E-state index contributed by atoms with van der Waals surface area (Å²) in [6.07, 6.45) is 0. The van der Waals surface area contributed by atoms with E-state index in [9.17, 15) is 0 Å². The van der Waals surface area contributed by atoms with Gasteiger partial charge in [-0.1, -0.05) is 15.9 Å². The molecule has 0 saturated carbocycles. The number of hydrogen-bond donors (Lipinski definition) is 1. The third kappa shape index (κ3) is 2.92. The van der Waals surface area contributed by atoms with Crippen LogP contribution in [0.2, 0.25) is 0 Å². The van der Waals surface area contributed by atoms with Crippen LogP contribution in [-0.2, 0) is 13.6 Å². The number of ether oxygens (including phenoxy) is 1.